The molecule has 0 bridgehead atoms. The van der Waals surface area contributed by atoms with E-state index < -0.39 is 0 Å². The fourth-order valence-electron chi connectivity index (χ4n) is 3.51. The molecule has 2 unspecified atom stereocenters. The molecule has 2 aliphatic rings. The molecular formula is C15H26N2O2. The topological polar surface area (TPSA) is 49.4 Å². The Balaban J connectivity index is 2.11. The Kier molecular flexibility index (Phi) is 4.83. The lowest BCUT2D eigenvalue weighted by molar-refractivity contribution is -0.151. The highest BCUT2D eigenvalue weighted by Gasteiger charge is 2.42. The first kappa shape index (κ1) is 14.4. The lowest BCUT2D eigenvalue weighted by Crippen LogP contribution is -2.65. The van der Waals surface area contributed by atoms with Crippen molar-refractivity contribution in [3.63, 3.8) is 0 Å². The first-order valence-electron chi connectivity index (χ1n) is 7.79. The van der Waals surface area contributed by atoms with E-state index in [0.717, 1.165) is 25.7 Å². The van der Waals surface area contributed by atoms with E-state index in [0.29, 0.717) is 12.5 Å². The van der Waals surface area contributed by atoms with Crippen LogP contribution >= 0.6 is 0 Å². The van der Waals surface area contributed by atoms with Gasteiger partial charge in [0.1, 0.15) is 12.1 Å². The van der Waals surface area contributed by atoms with E-state index in [2.05, 4.69) is 12.2 Å². The van der Waals surface area contributed by atoms with Gasteiger partial charge in [-0.15, -0.1) is 0 Å². The van der Waals surface area contributed by atoms with Crippen molar-refractivity contribution < 1.29 is 9.59 Å². The predicted molar refractivity (Wildman–Crippen MR) is 74.6 cm³/mol. The second-order valence-corrected chi connectivity index (χ2v) is 5.81. The van der Waals surface area contributed by atoms with Crippen LogP contribution in [0, 0.1) is 5.92 Å². The average molecular weight is 266 g/mol. The Morgan fingerprint density at radius 2 is 1.84 bits per heavy atom. The molecule has 0 radical (unpaired) electrons. The van der Waals surface area contributed by atoms with Crippen molar-refractivity contribution >= 4 is 11.8 Å². The third-order valence-electron chi connectivity index (χ3n) is 4.55. The summed E-state index contributed by atoms with van der Waals surface area (Å²) < 4.78 is 0. The van der Waals surface area contributed by atoms with Gasteiger partial charge in [-0.05, 0) is 32.1 Å². The number of nitrogens with zero attached hydrogens (tertiary/aromatic N) is 1. The molecule has 108 valence electrons. The van der Waals surface area contributed by atoms with Crippen LogP contribution < -0.4 is 5.32 Å². The lowest BCUT2D eigenvalue weighted by atomic mass is 9.82. The minimum atomic E-state index is -0.263. The van der Waals surface area contributed by atoms with Crippen LogP contribution in [0.25, 0.3) is 0 Å². The fourth-order valence-corrected chi connectivity index (χ4v) is 3.51. The molecule has 1 N–H and O–H groups in total. The molecule has 0 spiro atoms. The standard InChI is InChI=1S/C15H26N2O2/c1-3-8-12-14(18)16-13(15(19)17(12)4-2)11-9-6-5-7-10-11/h11-13H,3-10H2,1-2H3,(H,16,18). The van der Waals surface area contributed by atoms with Crippen molar-refractivity contribution in [2.75, 3.05) is 6.54 Å². The molecule has 2 amide bonds. The number of hydrogen-bond acceptors (Lipinski definition) is 2. The van der Waals surface area contributed by atoms with Crippen LogP contribution in [0.15, 0.2) is 0 Å². The second-order valence-electron chi connectivity index (χ2n) is 5.81. The Hall–Kier alpha value is -1.06. The first-order valence-corrected chi connectivity index (χ1v) is 7.79. The van der Waals surface area contributed by atoms with Gasteiger partial charge in [0, 0.05) is 6.54 Å². The van der Waals surface area contributed by atoms with E-state index >= 15 is 0 Å². The minimum absolute atomic E-state index is 0.0545. The quantitative estimate of drug-likeness (QED) is 0.847. The molecule has 0 aromatic rings. The molecule has 1 saturated heterocycles. The highest BCUT2D eigenvalue weighted by atomic mass is 16.2. The molecule has 1 aliphatic carbocycles. The summed E-state index contributed by atoms with van der Waals surface area (Å²) in [4.78, 5) is 26.6. The summed E-state index contributed by atoms with van der Waals surface area (Å²) in [5.41, 5.74) is 0. The van der Waals surface area contributed by atoms with Gasteiger partial charge in [-0.3, -0.25) is 9.59 Å². The van der Waals surface area contributed by atoms with Crippen LogP contribution in [0.3, 0.4) is 0 Å². The predicted octanol–water partition coefficient (Wildman–Crippen LogP) is 2.08. The molecule has 1 heterocycles. The van der Waals surface area contributed by atoms with E-state index in [1.54, 1.807) is 4.90 Å². The molecule has 2 fully saturated rings. The van der Waals surface area contributed by atoms with Gasteiger partial charge in [-0.1, -0.05) is 32.6 Å². The monoisotopic (exact) mass is 266 g/mol. The smallest absolute Gasteiger partial charge is 0.246 e. The molecule has 2 rings (SSSR count). The summed E-state index contributed by atoms with van der Waals surface area (Å²) in [6.07, 6.45) is 7.49. The van der Waals surface area contributed by atoms with Gasteiger partial charge in [-0.2, -0.15) is 0 Å². The molecule has 1 aliphatic heterocycles. The average Bonchev–Trinajstić information content (AvgIpc) is 2.44. The van der Waals surface area contributed by atoms with Gasteiger partial charge in [0.05, 0.1) is 0 Å². The molecule has 4 heteroatoms. The summed E-state index contributed by atoms with van der Waals surface area (Å²) in [6, 6.07) is -0.511. The van der Waals surface area contributed by atoms with Crippen LogP contribution in [0.4, 0.5) is 0 Å². The zero-order valence-electron chi connectivity index (χ0n) is 12.2. The maximum absolute atomic E-state index is 12.6. The third kappa shape index (κ3) is 2.93. The third-order valence-corrected chi connectivity index (χ3v) is 4.55. The van der Waals surface area contributed by atoms with Crippen molar-refractivity contribution in [1.29, 1.82) is 0 Å². The Morgan fingerprint density at radius 3 is 2.42 bits per heavy atom. The molecular weight excluding hydrogens is 240 g/mol. The number of nitrogens with one attached hydrogen (secondary N) is 1. The van der Waals surface area contributed by atoms with Gasteiger partial charge in [0.2, 0.25) is 11.8 Å². The van der Waals surface area contributed by atoms with Crippen molar-refractivity contribution in [2.45, 2.75) is 70.9 Å². The molecule has 2 atom stereocenters. The SMILES string of the molecule is CCCC1C(=O)NC(C2CCCCC2)C(=O)N1CC. The summed E-state index contributed by atoms with van der Waals surface area (Å²) in [7, 11) is 0. The van der Waals surface area contributed by atoms with Gasteiger partial charge >= 0.3 is 0 Å². The zero-order chi connectivity index (χ0) is 13.8. The first-order chi connectivity index (χ1) is 9.19. The number of carbonyl (C=O) groups is 2. The number of likely N-dealkylation sites (N-methyl/N-ethyl adjacent to an activating group) is 1. The van der Waals surface area contributed by atoms with Crippen LogP contribution in [0.1, 0.15) is 58.8 Å². The Bertz CT molecular complexity index is 337. The van der Waals surface area contributed by atoms with Gasteiger partial charge in [0.15, 0.2) is 0 Å². The summed E-state index contributed by atoms with van der Waals surface area (Å²) in [5.74, 6) is 0.549. The van der Waals surface area contributed by atoms with E-state index in [1.165, 1.54) is 19.3 Å². The van der Waals surface area contributed by atoms with Crippen LogP contribution in [0.2, 0.25) is 0 Å². The summed E-state index contributed by atoms with van der Waals surface area (Å²) in [6.45, 7) is 4.66. The molecule has 1 saturated carbocycles. The van der Waals surface area contributed by atoms with Crippen molar-refractivity contribution in [3.8, 4) is 0 Å². The second kappa shape index (κ2) is 6.40. The minimum Gasteiger partial charge on any atom is -0.342 e. The number of hydrogen-bond donors (Lipinski definition) is 1. The van der Waals surface area contributed by atoms with Crippen molar-refractivity contribution in [3.05, 3.63) is 0 Å². The Morgan fingerprint density at radius 1 is 1.16 bits per heavy atom. The molecule has 0 aromatic heterocycles. The number of rotatable bonds is 4. The largest absolute Gasteiger partial charge is 0.342 e. The lowest BCUT2D eigenvalue weighted by Gasteiger charge is -2.42. The summed E-state index contributed by atoms with van der Waals surface area (Å²) >= 11 is 0. The summed E-state index contributed by atoms with van der Waals surface area (Å²) in [5, 5.41) is 3.00. The Labute approximate surface area is 115 Å². The molecule has 0 aromatic carbocycles. The number of piperazine rings is 1. The number of amides is 2. The van der Waals surface area contributed by atoms with Crippen molar-refractivity contribution in [1.82, 2.24) is 10.2 Å². The van der Waals surface area contributed by atoms with Crippen LogP contribution in [-0.2, 0) is 9.59 Å². The van der Waals surface area contributed by atoms with Crippen LogP contribution in [0.5, 0.6) is 0 Å². The van der Waals surface area contributed by atoms with Gasteiger partial charge in [0.25, 0.3) is 0 Å². The van der Waals surface area contributed by atoms with Gasteiger partial charge in [-0.25, -0.2) is 0 Å². The highest BCUT2D eigenvalue weighted by molar-refractivity contribution is 5.97. The van der Waals surface area contributed by atoms with Crippen molar-refractivity contribution in [2.24, 2.45) is 5.92 Å². The highest BCUT2D eigenvalue weighted by Crippen LogP contribution is 2.29. The molecule has 4 nitrogen and oxygen atoms in total. The van der Waals surface area contributed by atoms with E-state index in [9.17, 15) is 9.59 Å². The fraction of sp³-hybridized carbons (Fsp3) is 0.867. The molecule has 19 heavy (non-hydrogen) atoms. The van der Waals surface area contributed by atoms with E-state index in [-0.39, 0.29) is 23.9 Å². The maximum Gasteiger partial charge on any atom is 0.246 e. The zero-order valence-corrected chi connectivity index (χ0v) is 12.2. The normalized spacial score (nSPS) is 29.5. The van der Waals surface area contributed by atoms with E-state index in [4.69, 9.17) is 0 Å². The van der Waals surface area contributed by atoms with Gasteiger partial charge < -0.3 is 10.2 Å². The maximum atomic E-state index is 12.6. The number of carbonyl (C=O) groups excluding carboxylic acids is 2. The van der Waals surface area contributed by atoms with Crippen LogP contribution in [-0.4, -0.2) is 35.3 Å². The van der Waals surface area contributed by atoms with E-state index in [1.807, 2.05) is 6.92 Å².